The van der Waals surface area contributed by atoms with E-state index in [2.05, 4.69) is 28.2 Å². The Morgan fingerprint density at radius 1 is 1.53 bits per heavy atom. The van der Waals surface area contributed by atoms with Gasteiger partial charge in [0.1, 0.15) is 0 Å². The molecule has 1 atom stereocenters. The highest BCUT2D eigenvalue weighted by Gasteiger charge is 2.08. The number of hydrogen-bond acceptors (Lipinski definition) is 4. The van der Waals surface area contributed by atoms with Crippen molar-refractivity contribution in [3.05, 3.63) is 33.8 Å². The van der Waals surface area contributed by atoms with E-state index in [1.54, 1.807) is 29.6 Å². The number of nitrogens with two attached hydrogens (primary N) is 1. The van der Waals surface area contributed by atoms with Gasteiger partial charge >= 0.3 is 0 Å². The molecule has 1 unspecified atom stereocenters. The van der Waals surface area contributed by atoms with Crippen LogP contribution in [0.1, 0.15) is 11.8 Å². The Labute approximate surface area is 108 Å². The smallest absolute Gasteiger partial charge is 0.234 e. The Balaban J connectivity index is 1.97. The van der Waals surface area contributed by atoms with E-state index in [0.29, 0.717) is 6.54 Å². The molecule has 0 saturated heterocycles. The zero-order valence-electron chi connectivity index (χ0n) is 9.47. The Bertz CT molecular complexity index is 490. The first-order valence-corrected chi connectivity index (χ1v) is 7.06. The average Bonchev–Trinajstić information content (AvgIpc) is 2.95. The molecule has 2 aromatic rings. The molecule has 0 aromatic carbocycles. The third-order valence-corrected chi connectivity index (χ3v) is 4.32. The summed E-state index contributed by atoms with van der Waals surface area (Å²) in [5.41, 5.74) is 6.43. The van der Waals surface area contributed by atoms with Gasteiger partial charge in [0.15, 0.2) is 0 Å². The van der Waals surface area contributed by atoms with Crippen LogP contribution in [0.15, 0.2) is 29.0 Å². The average molecular weight is 266 g/mol. The molecule has 0 fully saturated rings. The number of hydrogen-bond donors (Lipinski definition) is 2. The van der Waals surface area contributed by atoms with Crippen molar-refractivity contribution < 1.29 is 4.79 Å². The van der Waals surface area contributed by atoms with Gasteiger partial charge in [-0.05, 0) is 29.8 Å². The van der Waals surface area contributed by atoms with Crippen molar-refractivity contribution in [1.29, 1.82) is 0 Å². The minimum absolute atomic E-state index is 0.290. The molecule has 3 nitrogen and oxygen atoms in total. The summed E-state index contributed by atoms with van der Waals surface area (Å²) in [6.45, 7) is 2.45. The second kappa shape index (κ2) is 5.44. The maximum absolute atomic E-state index is 10.9. The van der Waals surface area contributed by atoms with Crippen LogP contribution in [-0.2, 0) is 11.3 Å². The SMILES string of the molecule is CC(NCc1cc(-c2cccs2)cs1)C(N)=O. The Morgan fingerprint density at radius 3 is 3.00 bits per heavy atom. The molecule has 0 radical (unpaired) electrons. The van der Waals surface area contributed by atoms with Crippen molar-refractivity contribution in [3.63, 3.8) is 0 Å². The van der Waals surface area contributed by atoms with Gasteiger partial charge in [-0.25, -0.2) is 0 Å². The third kappa shape index (κ3) is 3.15. The minimum Gasteiger partial charge on any atom is -0.368 e. The number of primary amides is 1. The van der Waals surface area contributed by atoms with Gasteiger partial charge in [0.2, 0.25) is 5.91 Å². The summed E-state index contributed by atoms with van der Waals surface area (Å²) in [5.74, 6) is -0.319. The first-order valence-electron chi connectivity index (χ1n) is 5.31. The lowest BCUT2D eigenvalue weighted by Crippen LogP contribution is -2.38. The molecule has 17 heavy (non-hydrogen) atoms. The number of carbonyl (C=O) groups is 1. The third-order valence-electron chi connectivity index (χ3n) is 2.47. The van der Waals surface area contributed by atoms with Gasteiger partial charge in [-0.15, -0.1) is 22.7 Å². The number of nitrogens with one attached hydrogen (secondary N) is 1. The summed E-state index contributed by atoms with van der Waals surface area (Å²) < 4.78 is 0. The molecule has 3 N–H and O–H groups in total. The summed E-state index contributed by atoms with van der Waals surface area (Å²) in [4.78, 5) is 13.4. The molecule has 90 valence electrons. The molecule has 2 heterocycles. The lowest BCUT2D eigenvalue weighted by molar-refractivity contribution is -0.119. The molecule has 5 heteroatoms. The minimum atomic E-state index is -0.319. The first-order chi connectivity index (χ1) is 8.16. The van der Waals surface area contributed by atoms with Gasteiger partial charge in [0.25, 0.3) is 0 Å². The molecule has 0 spiro atoms. The van der Waals surface area contributed by atoms with Crippen molar-refractivity contribution >= 4 is 28.6 Å². The topological polar surface area (TPSA) is 55.1 Å². The summed E-state index contributed by atoms with van der Waals surface area (Å²) >= 11 is 3.42. The van der Waals surface area contributed by atoms with E-state index in [4.69, 9.17) is 5.73 Å². The highest BCUT2D eigenvalue weighted by Crippen LogP contribution is 2.29. The maximum atomic E-state index is 10.9. The molecule has 0 aliphatic heterocycles. The second-order valence-corrected chi connectivity index (χ2v) is 5.73. The maximum Gasteiger partial charge on any atom is 0.234 e. The lowest BCUT2D eigenvalue weighted by Gasteiger charge is -2.07. The van der Waals surface area contributed by atoms with Crippen molar-refractivity contribution in [2.75, 3.05) is 0 Å². The van der Waals surface area contributed by atoms with E-state index in [9.17, 15) is 4.79 Å². The van der Waals surface area contributed by atoms with Crippen LogP contribution in [-0.4, -0.2) is 11.9 Å². The van der Waals surface area contributed by atoms with Crippen LogP contribution in [0, 0.1) is 0 Å². The van der Waals surface area contributed by atoms with Gasteiger partial charge in [0.05, 0.1) is 6.04 Å². The molecule has 0 aliphatic carbocycles. The van der Waals surface area contributed by atoms with E-state index in [0.717, 1.165) is 0 Å². The summed E-state index contributed by atoms with van der Waals surface area (Å²) in [5, 5.41) is 7.30. The van der Waals surface area contributed by atoms with Gasteiger partial charge in [0, 0.05) is 21.9 Å². The number of rotatable bonds is 5. The first kappa shape index (κ1) is 12.3. The normalized spacial score (nSPS) is 12.5. The Kier molecular flexibility index (Phi) is 3.93. The van der Waals surface area contributed by atoms with E-state index in [-0.39, 0.29) is 11.9 Å². The fourth-order valence-electron chi connectivity index (χ4n) is 1.40. The number of carbonyl (C=O) groups excluding carboxylic acids is 1. The highest BCUT2D eigenvalue weighted by molar-refractivity contribution is 7.14. The zero-order chi connectivity index (χ0) is 12.3. The molecule has 0 aliphatic rings. The van der Waals surface area contributed by atoms with E-state index in [1.165, 1.54) is 15.3 Å². The van der Waals surface area contributed by atoms with Crippen molar-refractivity contribution in [2.45, 2.75) is 19.5 Å². The molecule has 1 amide bonds. The summed E-state index contributed by atoms with van der Waals surface area (Å²) in [6, 6.07) is 6.01. The fourth-order valence-corrected chi connectivity index (χ4v) is 3.02. The van der Waals surface area contributed by atoms with Crippen LogP contribution in [0.3, 0.4) is 0 Å². The van der Waals surface area contributed by atoms with Crippen LogP contribution in [0.4, 0.5) is 0 Å². The molecule has 2 rings (SSSR count). The Morgan fingerprint density at radius 2 is 2.35 bits per heavy atom. The van der Waals surface area contributed by atoms with Crippen molar-refractivity contribution in [2.24, 2.45) is 5.73 Å². The highest BCUT2D eigenvalue weighted by atomic mass is 32.1. The van der Waals surface area contributed by atoms with E-state index in [1.807, 2.05) is 6.07 Å². The van der Waals surface area contributed by atoms with Crippen LogP contribution in [0.5, 0.6) is 0 Å². The van der Waals surface area contributed by atoms with E-state index < -0.39 is 0 Å². The standard InChI is InChI=1S/C12H14N2OS2/c1-8(12(13)15)14-6-10-5-9(7-17-10)11-3-2-4-16-11/h2-5,7-8,14H,6H2,1H3,(H2,13,15). The number of thiophene rings is 2. The monoisotopic (exact) mass is 266 g/mol. The summed E-state index contributed by atoms with van der Waals surface area (Å²) in [7, 11) is 0. The van der Waals surface area contributed by atoms with Crippen molar-refractivity contribution in [3.8, 4) is 10.4 Å². The summed E-state index contributed by atoms with van der Waals surface area (Å²) in [6.07, 6.45) is 0. The van der Waals surface area contributed by atoms with E-state index >= 15 is 0 Å². The lowest BCUT2D eigenvalue weighted by atomic mass is 10.2. The fraction of sp³-hybridized carbons (Fsp3) is 0.250. The predicted molar refractivity (Wildman–Crippen MR) is 73.1 cm³/mol. The van der Waals surface area contributed by atoms with Crippen molar-refractivity contribution in [1.82, 2.24) is 5.32 Å². The van der Waals surface area contributed by atoms with Gasteiger partial charge < -0.3 is 11.1 Å². The van der Waals surface area contributed by atoms with Gasteiger partial charge in [-0.2, -0.15) is 0 Å². The molecule has 0 saturated carbocycles. The Hall–Kier alpha value is -1.17. The van der Waals surface area contributed by atoms with Crippen LogP contribution < -0.4 is 11.1 Å². The molecule has 0 bridgehead atoms. The van der Waals surface area contributed by atoms with Crippen LogP contribution in [0.2, 0.25) is 0 Å². The zero-order valence-corrected chi connectivity index (χ0v) is 11.1. The second-order valence-electron chi connectivity index (χ2n) is 3.78. The molecular formula is C12H14N2OS2. The van der Waals surface area contributed by atoms with Crippen LogP contribution in [0.25, 0.3) is 10.4 Å². The van der Waals surface area contributed by atoms with Crippen LogP contribution >= 0.6 is 22.7 Å². The predicted octanol–water partition coefficient (Wildman–Crippen LogP) is 2.44. The molecular weight excluding hydrogens is 252 g/mol. The quantitative estimate of drug-likeness (QED) is 0.873. The number of amides is 1. The van der Waals surface area contributed by atoms with Gasteiger partial charge in [-0.1, -0.05) is 6.07 Å². The largest absolute Gasteiger partial charge is 0.368 e. The van der Waals surface area contributed by atoms with Gasteiger partial charge in [-0.3, -0.25) is 4.79 Å². The molecule has 2 aromatic heterocycles.